The molecule has 1 aromatic heterocycles. The third kappa shape index (κ3) is 2.12. The lowest BCUT2D eigenvalue weighted by molar-refractivity contribution is 0.182. The van der Waals surface area contributed by atoms with E-state index in [1.54, 1.807) is 11.8 Å². The van der Waals surface area contributed by atoms with E-state index in [2.05, 4.69) is 63.8 Å². The lowest BCUT2D eigenvalue weighted by atomic mass is 9.79. The van der Waals surface area contributed by atoms with Gasteiger partial charge in [-0.05, 0) is 25.3 Å². The van der Waals surface area contributed by atoms with Crippen molar-refractivity contribution in [1.29, 1.82) is 0 Å². The molecule has 1 N–H and O–H groups in total. The molecule has 4 nitrogen and oxygen atoms in total. The SMILES string of the molecule is CSC1N=CC=CN1C1(C)C=CC=CC1c1cc[nH]n1. The third-order valence-electron chi connectivity index (χ3n) is 3.87. The molecule has 0 radical (unpaired) electrons. The van der Waals surface area contributed by atoms with Crippen molar-refractivity contribution in [1.82, 2.24) is 15.1 Å². The maximum absolute atomic E-state index is 4.56. The first-order chi connectivity index (χ1) is 9.75. The summed E-state index contributed by atoms with van der Waals surface area (Å²) in [6.07, 6.45) is 18.6. The fourth-order valence-electron chi connectivity index (χ4n) is 2.79. The zero-order valence-electron chi connectivity index (χ0n) is 11.6. The second kappa shape index (κ2) is 5.32. The van der Waals surface area contributed by atoms with Gasteiger partial charge in [0.25, 0.3) is 0 Å². The van der Waals surface area contributed by atoms with Crippen LogP contribution in [0.2, 0.25) is 0 Å². The Kier molecular flexibility index (Phi) is 3.53. The highest BCUT2D eigenvalue weighted by molar-refractivity contribution is 7.99. The van der Waals surface area contributed by atoms with Gasteiger partial charge in [-0.3, -0.25) is 10.1 Å². The molecule has 0 saturated heterocycles. The first-order valence-corrected chi connectivity index (χ1v) is 7.91. The molecule has 5 heteroatoms. The van der Waals surface area contributed by atoms with Crippen molar-refractivity contribution < 1.29 is 0 Å². The zero-order chi connectivity index (χ0) is 14.0. The minimum atomic E-state index is -0.175. The van der Waals surface area contributed by atoms with Gasteiger partial charge >= 0.3 is 0 Å². The van der Waals surface area contributed by atoms with Gasteiger partial charge in [0, 0.05) is 24.5 Å². The molecule has 0 saturated carbocycles. The number of allylic oxidation sites excluding steroid dienone is 3. The van der Waals surface area contributed by atoms with Gasteiger partial charge < -0.3 is 4.90 Å². The Morgan fingerprint density at radius 1 is 1.35 bits per heavy atom. The van der Waals surface area contributed by atoms with Gasteiger partial charge in [0.05, 0.1) is 11.2 Å². The summed E-state index contributed by atoms with van der Waals surface area (Å²) in [6.45, 7) is 2.24. The molecule has 20 heavy (non-hydrogen) atoms. The van der Waals surface area contributed by atoms with Crippen molar-refractivity contribution in [3.8, 4) is 0 Å². The van der Waals surface area contributed by atoms with Crippen LogP contribution < -0.4 is 0 Å². The van der Waals surface area contributed by atoms with E-state index in [1.807, 2.05) is 24.6 Å². The minimum Gasteiger partial charge on any atom is -0.338 e. The third-order valence-corrected chi connectivity index (χ3v) is 4.64. The van der Waals surface area contributed by atoms with E-state index in [0.717, 1.165) is 5.69 Å². The second-order valence-electron chi connectivity index (χ2n) is 5.06. The average Bonchev–Trinajstić information content (AvgIpc) is 3.01. The smallest absolute Gasteiger partial charge is 0.168 e. The summed E-state index contributed by atoms with van der Waals surface area (Å²) < 4.78 is 0. The number of hydrogen-bond donors (Lipinski definition) is 1. The van der Waals surface area contributed by atoms with Crippen LogP contribution in [0.4, 0.5) is 0 Å². The Balaban J connectivity index is 1.99. The molecule has 3 rings (SSSR count). The van der Waals surface area contributed by atoms with Crippen LogP contribution >= 0.6 is 11.8 Å². The predicted octanol–water partition coefficient (Wildman–Crippen LogP) is 2.92. The number of H-pyrrole nitrogens is 1. The highest BCUT2D eigenvalue weighted by atomic mass is 32.2. The number of hydrogen-bond acceptors (Lipinski definition) is 4. The first kappa shape index (κ1) is 13.2. The topological polar surface area (TPSA) is 44.3 Å². The van der Waals surface area contributed by atoms with Gasteiger partial charge in [-0.2, -0.15) is 5.10 Å². The maximum atomic E-state index is 4.56. The summed E-state index contributed by atoms with van der Waals surface area (Å²) in [5, 5.41) is 7.29. The summed E-state index contributed by atoms with van der Waals surface area (Å²) in [5.41, 5.74) is 0.977. The van der Waals surface area contributed by atoms with Gasteiger partial charge in [-0.1, -0.05) is 24.3 Å². The fraction of sp³-hybridized carbons (Fsp3) is 0.333. The van der Waals surface area contributed by atoms with E-state index in [1.165, 1.54) is 0 Å². The van der Waals surface area contributed by atoms with E-state index in [9.17, 15) is 0 Å². The van der Waals surface area contributed by atoms with Crippen molar-refractivity contribution in [2.24, 2.45) is 4.99 Å². The maximum Gasteiger partial charge on any atom is 0.168 e. The summed E-state index contributed by atoms with van der Waals surface area (Å²) >= 11 is 1.74. The van der Waals surface area contributed by atoms with Gasteiger partial charge in [0.2, 0.25) is 0 Å². The van der Waals surface area contributed by atoms with Crippen molar-refractivity contribution in [3.05, 3.63) is 54.5 Å². The Bertz CT molecular complexity index is 573. The molecule has 0 fully saturated rings. The lowest BCUT2D eigenvalue weighted by Gasteiger charge is -2.46. The van der Waals surface area contributed by atoms with Gasteiger partial charge in [0.1, 0.15) is 0 Å². The van der Waals surface area contributed by atoms with E-state index >= 15 is 0 Å². The number of aliphatic imine (C=N–C) groups is 1. The Labute approximate surface area is 123 Å². The number of aromatic nitrogens is 2. The second-order valence-corrected chi connectivity index (χ2v) is 5.95. The highest BCUT2D eigenvalue weighted by Crippen LogP contribution is 2.40. The summed E-state index contributed by atoms with van der Waals surface area (Å²) in [5.74, 6) is 0.200. The van der Waals surface area contributed by atoms with Crippen LogP contribution in [0.3, 0.4) is 0 Å². The fourth-order valence-corrected chi connectivity index (χ4v) is 3.50. The Morgan fingerprint density at radius 3 is 3.00 bits per heavy atom. The summed E-state index contributed by atoms with van der Waals surface area (Å²) in [7, 11) is 0. The summed E-state index contributed by atoms with van der Waals surface area (Å²) in [6, 6.07) is 2.04. The van der Waals surface area contributed by atoms with Crippen LogP contribution in [0.15, 0.2) is 53.8 Å². The van der Waals surface area contributed by atoms with E-state index in [4.69, 9.17) is 0 Å². The van der Waals surface area contributed by atoms with E-state index in [-0.39, 0.29) is 17.0 Å². The van der Waals surface area contributed by atoms with Crippen LogP contribution in [0.25, 0.3) is 0 Å². The average molecular weight is 286 g/mol. The molecule has 0 bridgehead atoms. The number of rotatable bonds is 3. The lowest BCUT2D eigenvalue weighted by Crippen LogP contribution is -2.50. The number of nitrogens with one attached hydrogen (secondary N) is 1. The first-order valence-electron chi connectivity index (χ1n) is 6.62. The number of aromatic amines is 1. The van der Waals surface area contributed by atoms with E-state index < -0.39 is 0 Å². The van der Waals surface area contributed by atoms with Crippen LogP contribution in [0, 0.1) is 0 Å². The normalized spacial score (nSPS) is 32.0. The van der Waals surface area contributed by atoms with Crippen molar-refractivity contribution in [2.75, 3.05) is 6.26 Å². The number of thioether (sulfide) groups is 1. The minimum absolute atomic E-state index is 0.0996. The highest BCUT2D eigenvalue weighted by Gasteiger charge is 2.41. The molecule has 2 heterocycles. The summed E-state index contributed by atoms with van der Waals surface area (Å²) in [4.78, 5) is 6.86. The van der Waals surface area contributed by atoms with Crippen LogP contribution in [-0.4, -0.2) is 38.6 Å². The quantitative estimate of drug-likeness (QED) is 0.929. The van der Waals surface area contributed by atoms with Crippen LogP contribution in [0.1, 0.15) is 18.5 Å². The van der Waals surface area contributed by atoms with Crippen molar-refractivity contribution in [3.63, 3.8) is 0 Å². The Hall–Kier alpha value is -1.75. The van der Waals surface area contributed by atoms with E-state index in [0.29, 0.717) is 0 Å². The monoisotopic (exact) mass is 286 g/mol. The largest absolute Gasteiger partial charge is 0.338 e. The zero-order valence-corrected chi connectivity index (χ0v) is 12.4. The molecule has 0 spiro atoms. The van der Waals surface area contributed by atoms with Crippen LogP contribution in [0.5, 0.6) is 0 Å². The molecule has 104 valence electrons. The van der Waals surface area contributed by atoms with Gasteiger partial charge in [-0.25, -0.2) is 0 Å². The van der Waals surface area contributed by atoms with Crippen LogP contribution in [-0.2, 0) is 0 Å². The molecule has 0 aromatic carbocycles. The molecule has 1 aromatic rings. The standard InChI is InChI=1S/C15H18N4S/c1-15(19-11-5-9-16-14(19)20-2)8-4-3-6-12(15)13-7-10-17-18-13/h3-12,14H,1-2H3,(H,17,18). The van der Waals surface area contributed by atoms with Crippen molar-refractivity contribution in [2.45, 2.75) is 23.9 Å². The Morgan fingerprint density at radius 2 is 2.25 bits per heavy atom. The molecule has 3 unspecified atom stereocenters. The molecule has 0 amide bonds. The molecular formula is C15H18N4S. The van der Waals surface area contributed by atoms with Crippen molar-refractivity contribution >= 4 is 18.0 Å². The molecule has 2 aliphatic rings. The molecule has 3 atom stereocenters. The van der Waals surface area contributed by atoms with Gasteiger partial charge in [-0.15, -0.1) is 11.8 Å². The van der Waals surface area contributed by atoms with Gasteiger partial charge in [0.15, 0.2) is 5.50 Å². The number of nitrogens with zero attached hydrogens (tertiary/aromatic N) is 3. The molecule has 1 aliphatic carbocycles. The molecular weight excluding hydrogens is 268 g/mol. The predicted molar refractivity (Wildman–Crippen MR) is 84.8 cm³/mol. The molecule has 1 aliphatic heterocycles.